The van der Waals surface area contributed by atoms with E-state index in [1.165, 1.54) is 0 Å². The van der Waals surface area contributed by atoms with Crippen molar-refractivity contribution in [2.24, 2.45) is 5.73 Å². The number of amides is 3. The average molecular weight is 327 g/mol. The molecule has 110 valence electrons. The Kier molecular flexibility index (Phi) is 4.81. The number of carbonyl (C=O) groups excluding carboxylic acids is 2. The zero-order valence-electron chi connectivity index (χ0n) is 10.9. The van der Waals surface area contributed by atoms with Gasteiger partial charge in [-0.2, -0.15) is 0 Å². The summed E-state index contributed by atoms with van der Waals surface area (Å²) in [4.78, 5) is 22.1. The highest BCUT2D eigenvalue weighted by atomic mass is 35.5. The van der Waals surface area contributed by atoms with Gasteiger partial charge in [-0.25, -0.2) is 4.79 Å². The Morgan fingerprint density at radius 2 is 2.00 bits per heavy atom. The van der Waals surface area contributed by atoms with Gasteiger partial charge >= 0.3 is 6.03 Å². The summed E-state index contributed by atoms with van der Waals surface area (Å²) in [6, 6.07) is 5.99. The summed E-state index contributed by atoms with van der Waals surface area (Å²) in [7, 11) is 0. The number of rotatable bonds is 4. The summed E-state index contributed by atoms with van der Waals surface area (Å²) in [6.07, 6.45) is 0. The average Bonchev–Trinajstić information content (AvgIpc) is 2.87. The van der Waals surface area contributed by atoms with Crippen molar-refractivity contribution in [3.05, 3.63) is 29.3 Å². The van der Waals surface area contributed by atoms with Crippen LogP contribution in [0.25, 0.3) is 11.5 Å². The maximum Gasteiger partial charge on any atom is 0.318 e. The number of hydrogen-bond acceptors (Lipinski definition) is 6. The Hall–Kier alpha value is -2.06. The number of aromatic nitrogens is 2. The van der Waals surface area contributed by atoms with Crippen LogP contribution in [0.4, 0.5) is 4.79 Å². The molecule has 0 aliphatic rings. The van der Waals surface area contributed by atoms with Gasteiger partial charge in [0.1, 0.15) is 0 Å². The molecule has 3 N–H and O–H groups in total. The van der Waals surface area contributed by atoms with Gasteiger partial charge in [0.25, 0.3) is 5.22 Å². The van der Waals surface area contributed by atoms with Crippen LogP contribution in [-0.2, 0) is 4.79 Å². The molecule has 0 spiro atoms. The Bertz CT molecular complexity index is 659. The monoisotopic (exact) mass is 326 g/mol. The molecule has 1 aromatic carbocycles. The van der Waals surface area contributed by atoms with Crippen LogP contribution in [0.5, 0.6) is 0 Å². The van der Waals surface area contributed by atoms with Gasteiger partial charge in [-0.3, -0.25) is 10.1 Å². The molecular formula is C12H11ClN4O3S. The van der Waals surface area contributed by atoms with Crippen molar-refractivity contribution in [2.75, 3.05) is 0 Å². The van der Waals surface area contributed by atoms with E-state index in [2.05, 4.69) is 10.2 Å². The molecule has 0 bridgehead atoms. The molecule has 0 radical (unpaired) electrons. The number of imide groups is 1. The van der Waals surface area contributed by atoms with Crippen LogP contribution in [0, 0.1) is 0 Å². The van der Waals surface area contributed by atoms with Gasteiger partial charge in [0.15, 0.2) is 0 Å². The number of halogens is 1. The summed E-state index contributed by atoms with van der Waals surface area (Å²) in [6.45, 7) is 1.59. The Morgan fingerprint density at radius 3 is 2.62 bits per heavy atom. The highest BCUT2D eigenvalue weighted by Gasteiger charge is 2.19. The second-order valence-electron chi connectivity index (χ2n) is 3.99. The molecule has 3 amide bonds. The summed E-state index contributed by atoms with van der Waals surface area (Å²) >= 11 is 6.82. The van der Waals surface area contributed by atoms with Gasteiger partial charge in [0, 0.05) is 10.6 Å². The lowest BCUT2D eigenvalue weighted by molar-refractivity contribution is -0.119. The molecule has 9 heteroatoms. The van der Waals surface area contributed by atoms with E-state index in [1.807, 2.05) is 5.32 Å². The fourth-order valence-electron chi connectivity index (χ4n) is 1.39. The SMILES string of the molecule is CC(Sc1nnc(-c2ccc(Cl)cc2)o1)C(=O)NC(N)=O. The minimum atomic E-state index is -0.903. The third-order valence-corrected chi connectivity index (χ3v) is 3.58. The molecule has 0 aliphatic carbocycles. The van der Waals surface area contributed by atoms with Gasteiger partial charge in [-0.05, 0) is 31.2 Å². The third kappa shape index (κ3) is 4.20. The van der Waals surface area contributed by atoms with Crippen LogP contribution < -0.4 is 11.1 Å². The van der Waals surface area contributed by atoms with Crippen molar-refractivity contribution in [3.8, 4) is 11.5 Å². The number of nitrogens with two attached hydrogens (primary N) is 1. The topological polar surface area (TPSA) is 111 Å². The minimum absolute atomic E-state index is 0.215. The van der Waals surface area contributed by atoms with Crippen molar-refractivity contribution in [1.82, 2.24) is 15.5 Å². The zero-order valence-corrected chi connectivity index (χ0v) is 12.4. The van der Waals surface area contributed by atoms with E-state index in [9.17, 15) is 9.59 Å². The first-order chi connectivity index (χ1) is 9.95. The molecule has 1 atom stereocenters. The number of carbonyl (C=O) groups is 2. The molecule has 0 saturated carbocycles. The molecule has 2 aromatic rings. The number of urea groups is 1. The Labute approximate surface area is 129 Å². The van der Waals surface area contributed by atoms with Crippen LogP contribution in [0.1, 0.15) is 6.92 Å². The predicted molar refractivity (Wildman–Crippen MR) is 77.8 cm³/mol. The number of thioether (sulfide) groups is 1. The summed E-state index contributed by atoms with van der Waals surface area (Å²) in [5.74, 6) is -0.213. The highest BCUT2D eigenvalue weighted by molar-refractivity contribution is 8.00. The standard InChI is InChI=1S/C12H11ClN4O3S/c1-6(9(18)15-11(14)19)21-12-17-16-10(20-12)7-2-4-8(13)5-3-7/h2-6H,1H3,(H3,14,15,18,19). The van der Waals surface area contributed by atoms with Gasteiger partial charge in [-0.1, -0.05) is 23.4 Å². The lowest BCUT2D eigenvalue weighted by Crippen LogP contribution is -2.39. The summed E-state index contributed by atoms with van der Waals surface area (Å²) in [5, 5.41) is 9.92. The van der Waals surface area contributed by atoms with Gasteiger partial charge < -0.3 is 10.2 Å². The van der Waals surface area contributed by atoms with E-state index in [0.29, 0.717) is 16.5 Å². The number of primary amides is 1. The fourth-order valence-corrected chi connectivity index (χ4v) is 2.20. The summed E-state index contributed by atoms with van der Waals surface area (Å²) in [5.41, 5.74) is 5.59. The second-order valence-corrected chi connectivity index (χ2v) is 5.72. The molecule has 0 fully saturated rings. The third-order valence-electron chi connectivity index (χ3n) is 2.39. The van der Waals surface area contributed by atoms with Crippen LogP contribution in [0.15, 0.2) is 33.9 Å². The first-order valence-corrected chi connectivity index (χ1v) is 7.08. The largest absolute Gasteiger partial charge is 0.411 e. The first-order valence-electron chi connectivity index (χ1n) is 5.82. The fraction of sp³-hybridized carbons (Fsp3) is 0.167. The second kappa shape index (κ2) is 6.59. The number of hydrogen-bond donors (Lipinski definition) is 2. The predicted octanol–water partition coefficient (Wildman–Crippen LogP) is 2.07. The number of benzene rings is 1. The van der Waals surface area contributed by atoms with Gasteiger partial charge in [0.05, 0.1) is 5.25 Å². The molecule has 1 unspecified atom stereocenters. The Morgan fingerprint density at radius 1 is 1.33 bits per heavy atom. The smallest absolute Gasteiger partial charge is 0.318 e. The minimum Gasteiger partial charge on any atom is -0.411 e. The maximum atomic E-state index is 11.5. The van der Waals surface area contributed by atoms with Crippen LogP contribution in [-0.4, -0.2) is 27.4 Å². The molecular weight excluding hydrogens is 316 g/mol. The van der Waals surface area contributed by atoms with Gasteiger partial charge in [0.2, 0.25) is 11.8 Å². The van der Waals surface area contributed by atoms with E-state index in [4.69, 9.17) is 21.8 Å². The first kappa shape index (κ1) is 15.3. The molecule has 1 heterocycles. The van der Waals surface area contributed by atoms with Crippen molar-refractivity contribution in [3.63, 3.8) is 0 Å². The molecule has 0 aliphatic heterocycles. The number of nitrogens with one attached hydrogen (secondary N) is 1. The summed E-state index contributed by atoms with van der Waals surface area (Å²) < 4.78 is 5.44. The van der Waals surface area contributed by atoms with Crippen molar-refractivity contribution in [2.45, 2.75) is 17.4 Å². The zero-order chi connectivity index (χ0) is 15.4. The maximum absolute atomic E-state index is 11.5. The Balaban J connectivity index is 2.04. The lowest BCUT2D eigenvalue weighted by Gasteiger charge is -2.06. The molecule has 2 rings (SSSR count). The molecule has 0 saturated heterocycles. The van der Waals surface area contributed by atoms with E-state index in [0.717, 1.165) is 11.8 Å². The van der Waals surface area contributed by atoms with Crippen LogP contribution >= 0.6 is 23.4 Å². The van der Waals surface area contributed by atoms with Crippen molar-refractivity contribution < 1.29 is 14.0 Å². The highest BCUT2D eigenvalue weighted by Crippen LogP contribution is 2.26. The van der Waals surface area contributed by atoms with E-state index in [-0.39, 0.29) is 5.22 Å². The van der Waals surface area contributed by atoms with Crippen LogP contribution in [0.2, 0.25) is 5.02 Å². The normalized spacial score (nSPS) is 11.9. The van der Waals surface area contributed by atoms with Gasteiger partial charge in [-0.15, -0.1) is 10.2 Å². The van der Waals surface area contributed by atoms with Crippen molar-refractivity contribution in [1.29, 1.82) is 0 Å². The van der Waals surface area contributed by atoms with Crippen LogP contribution in [0.3, 0.4) is 0 Å². The molecule has 1 aromatic heterocycles. The molecule has 21 heavy (non-hydrogen) atoms. The van der Waals surface area contributed by atoms with E-state index >= 15 is 0 Å². The van der Waals surface area contributed by atoms with E-state index in [1.54, 1.807) is 31.2 Å². The van der Waals surface area contributed by atoms with Crippen molar-refractivity contribution >= 4 is 35.3 Å². The quantitative estimate of drug-likeness (QED) is 0.832. The number of nitrogens with zero attached hydrogens (tertiary/aromatic N) is 2. The van der Waals surface area contributed by atoms with E-state index < -0.39 is 17.2 Å². The molecule has 7 nitrogen and oxygen atoms in total. The lowest BCUT2D eigenvalue weighted by atomic mass is 10.2.